The van der Waals surface area contributed by atoms with Crippen LogP contribution in [0, 0.1) is 5.41 Å². The second kappa shape index (κ2) is 5.29. The van der Waals surface area contributed by atoms with Crippen LogP contribution < -0.4 is 10.2 Å². The zero-order valence-electron chi connectivity index (χ0n) is 11.6. The molecule has 0 aromatic heterocycles. The number of para-hydroxylation sites is 1. The maximum absolute atomic E-state index is 9.33. The first-order chi connectivity index (χ1) is 8.58. The van der Waals surface area contributed by atoms with Crippen molar-refractivity contribution in [2.45, 2.75) is 25.8 Å². The van der Waals surface area contributed by atoms with E-state index < -0.39 is 0 Å². The van der Waals surface area contributed by atoms with Crippen molar-refractivity contribution in [1.82, 2.24) is 5.32 Å². The van der Waals surface area contributed by atoms with Gasteiger partial charge >= 0.3 is 0 Å². The van der Waals surface area contributed by atoms with E-state index in [0.717, 1.165) is 19.4 Å². The largest absolute Gasteiger partial charge is 0.396 e. The molecule has 18 heavy (non-hydrogen) atoms. The lowest BCUT2D eigenvalue weighted by molar-refractivity contribution is 0.205. The molecule has 1 aliphatic rings. The van der Waals surface area contributed by atoms with Crippen molar-refractivity contribution in [2.75, 3.05) is 32.1 Å². The zero-order valence-corrected chi connectivity index (χ0v) is 11.6. The maximum atomic E-state index is 9.33. The highest BCUT2D eigenvalue weighted by atomic mass is 16.3. The summed E-state index contributed by atoms with van der Waals surface area (Å²) < 4.78 is 0. The normalized spacial score (nSPS) is 18.4. The van der Waals surface area contributed by atoms with Gasteiger partial charge in [-0.3, -0.25) is 0 Å². The Morgan fingerprint density at radius 2 is 2.00 bits per heavy atom. The Balaban J connectivity index is 2.02. The Labute approximate surface area is 110 Å². The molecule has 3 heteroatoms. The van der Waals surface area contributed by atoms with Gasteiger partial charge in [-0.1, -0.05) is 18.2 Å². The first kappa shape index (κ1) is 13.4. The van der Waals surface area contributed by atoms with Gasteiger partial charge in [0.1, 0.15) is 0 Å². The number of aliphatic hydroxyl groups is 1. The summed E-state index contributed by atoms with van der Waals surface area (Å²) in [6, 6.07) is 8.78. The number of hydrogen-bond acceptors (Lipinski definition) is 3. The minimum Gasteiger partial charge on any atom is -0.396 e. The van der Waals surface area contributed by atoms with Crippen molar-refractivity contribution in [3.63, 3.8) is 0 Å². The van der Waals surface area contributed by atoms with Crippen molar-refractivity contribution < 1.29 is 5.11 Å². The molecule has 1 fully saturated rings. The summed E-state index contributed by atoms with van der Waals surface area (Å²) in [4.78, 5) is 2.15. The van der Waals surface area contributed by atoms with Crippen LogP contribution in [0.2, 0.25) is 0 Å². The molecule has 0 unspecified atom stereocenters. The third-order valence-corrected chi connectivity index (χ3v) is 3.96. The Hall–Kier alpha value is -1.06. The molecule has 0 amide bonds. The minimum atomic E-state index is 0.168. The summed E-state index contributed by atoms with van der Waals surface area (Å²) in [7, 11) is 4.14. The molecule has 2 N–H and O–H groups in total. The van der Waals surface area contributed by atoms with E-state index in [1.165, 1.54) is 11.3 Å². The van der Waals surface area contributed by atoms with Crippen LogP contribution in [-0.2, 0) is 0 Å². The third-order valence-electron chi connectivity index (χ3n) is 3.96. The summed E-state index contributed by atoms with van der Waals surface area (Å²) in [5, 5.41) is 12.9. The van der Waals surface area contributed by atoms with Crippen molar-refractivity contribution >= 4 is 5.69 Å². The van der Waals surface area contributed by atoms with E-state index in [-0.39, 0.29) is 5.41 Å². The van der Waals surface area contributed by atoms with E-state index >= 15 is 0 Å². The molecular weight excluding hydrogens is 224 g/mol. The van der Waals surface area contributed by atoms with Gasteiger partial charge in [0.15, 0.2) is 0 Å². The molecule has 100 valence electrons. The van der Waals surface area contributed by atoms with E-state index in [1.54, 1.807) is 0 Å². The summed E-state index contributed by atoms with van der Waals surface area (Å²) >= 11 is 0. The van der Waals surface area contributed by atoms with Gasteiger partial charge in [-0.15, -0.1) is 0 Å². The lowest BCUT2D eigenvalue weighted by atomic mass is 10.0. The van der Waals surface area contributed by atoms with Crippen molar-refractivity contribution in [2.24, 2.45) is 5.41 Å². The molecule has 3 nitrogen and oxygen atoms in total. The monoisotopic (exact) mass is 248 g/mol. The van der Waals surface area contributed by atoms with E-state index in [9.17, 15) is 5.11 Å². The molecule has 0 saturated heterocycles. The van der Waals surface area contributed by atoms with Gasteiger partial charge in [0.05, 0.1) is 0 Å². The third kappa shape index (κ3) is 2.85. The van der Waals surface area contributed by atoms with Crippen LogP contribution in [0.4, 0.5) is 5.69 Å². The molecule has 1 aliphatic carbocycles. The average molecular weight is 248 g/mol. The molecule has 1 saturated carbocycles. The number of benzene rings is 1. The Bertz CT molecular complexity index is 399. The highest BCUT2D eigenvalue weighted by Crippen LogP contribution is 2.44. The van der Waals surface area contributed by atoms with Crippen LogP contribution in [0.25, 0.3) is 0 Å². The predicted molar refractivity (Wildman–Crippen MR) is 75.9 cm³/mol. The molecule has 1 atom stereocenters. The fourth-order valence-corrected chi connectivity index (χ4v) is 2.31. The quantitative estimate of drug-likeness (QED) is 0.810. The second-order valence-electron chi connectivity index (χ2n) is 5.71. The van der Waals surface area contributed by atoms with E-state index in [2.05, 4.69) is 55.5 Å². The Morgan fingerprint density at radius 1 is 1.33 bits per heavy atom. The van der Waals surface area contributed by atoms with Crippen LogP contribution in [-0.4, -0.2) is 32.4 Å². The second-order valence-corrected chi connectivity index (χ2v) is 5.71. The van der Waals surface area contributed by atoms with Crippen molar-refractivity contribution in [3.05, 3.63) is 29.8 Å². The number of anilines is 1. The number of rotatable bonds is 6. The van der Waals surface area contributed by atoms with Crippen LogP contribution in [0.1, 0.15) is 31.4 Å². The van der Waals surface area contributed by atoms with Gasteiger partial charge in [-0.2, -0.15) is 0 Å². The average Bonchev–Trinajstić information content (AvgIpc) is 3.16. The van der Waals surface area contributed by atoms with Gasteiger partial charge in [0.2, 0.25) is 0 Å². The topological polar surface area (TPSA) is 35.5 Å². The molecule has 2 rings (SSSR count). The highest BCUT2D eigenvalue weighted by molar-refractivity contribution is 5.53. The maximum Gasteiger partial charge on any atom is 0.0499 e. The fourth-order valence-electron chi connectivity index (χ4n) is 2.31. The van der Waals surface area contributed by atoms with E-state index in [1.807, 2.05) is 0 Å². The lowest BCUT2D eigenvalue weighted by Gasteiger charge is -2.24. The van der Waals surface area contributed by atoms with Gasteiger partial charge < -0.3 is 15.3 Å². The molecule has 0 aliphatic heterocycles. The summed E-state index contributed by atoms with van der Waals surface area (Å²) in [5.74, 6) is 0. The standard InChI is InChI=1S/C15H24N2O/c1-12(16-10-15(11-18)8-9-15)13-6-4-5-7-14(13)17(2)3/h4-7,12,16,18H,8-11H2,1-3H3/t12-/m1/s1. The Kier molecular flexibility index (Phi) is 3.93. The molecular formula is C15H24N2O. The smallest absolute Gasteiger partial charge is 0.0499 e. The van der Waals surface area contributed by atoms with Gasteiger partial charge in [-0.25, -0.2) is 0 Å². The summed E-state index contributed by atoms with van der Waals surface area (Å²) in [6.45, 7) is 3.41. The number of nitrogens with zero attached hydrogens (tertiary/aromatic N) is 1. The SMILES string of the molecule is C[C@@H](NCC1(CO)CC1)c1ccccc1N(C)C. The molecule has 0 spiro atoms. The van der Waals surface area contributed by atoms with Gasteiger partial charge in [0, 0.05) is 44.4 Å². The van der Waals surface area contributed by atoms with Crippen LogP contribution in [0.15, 0.2) is 24.3 Å². The zero-order chi connectivity index (χ0) is 13.2. The number of aliphatic hydroxyl groups excluding tert-OH is 1. The number of nitrogens with one attached hydrogen (secondary N) is 1. The molecule has 1 aromatic carbocycles. The fraction of sp³-hybridized carbons (Fsp3) is 0.600. The molecule has 0 heterocycles. The minimum absolute atomic E-state index is 0.168. The van der Waals surface area contributed by atoms with Crippen LogP contribution in [0.5, 0.6) is 0 Å². The predicted octanol–water partition coefficient (Wildman–Crippen LogP) is 2.18. The van der Waals surface area contributed by atoms with E-state index in [4.69, 9.17) is 0 Å². The van der Waals surface area contributed by atoms with Crippen LogP contribution >= 0.6 is 0 Å². The summed E-state index contributed by atoms with van der Waals surface area (Å²) in [6.07, 6.45) is 2.30. The first-order valence-corrected chi connectivity index (χ1v) is 6.68. The summed E-state index contributed by atoms with van der Waals surface area (Å²) in [5.41, 5.74) is 2.74. The van der Waals surface area contributed by atoms with Crippen LogP contribution in [0.3, 0.4) is 0 Å². The highest BCUT2D eigenvalue weighted by Gasteiger charge is 2.41. The Morgan fingerprint density at radius 3 is 2.56 bits per heavy atom. The van der Waals surface area contributed by atoms with E-state index in [0.29, 0.717) is 12.6 Å². The van der Waals surface area contributed by atoms with Crippen molar-refractivity contribution in [1.29, 1.82) is 0 Å². The molecule has 0 radical (unpaired) electrons. The van der Waals surface area contributed by atoms with Gasteiger partial charge in [0.25, 0.3) is 0 Å². The number of hydrogen-bond donors (Lipinski definition) is 2. The molecule has 1 aromatic rings. The molecule has 0 bridgehead atoms. The van der Waals surface area contributed by atoms with Crippen molar-refractivity contribution in [3.8, 4) is 0 Å². The van der Waals surface area contributed by atoms with Gasteiger partial charge in [-0.05, 0) is 31.4 Å². The first-order valence-electron chi connectivity index (χ1n) is 6.68. The lowest BCUT2D eigenvalue weighted by Crippen LogP contribution is -2.29.